The zero-order valence-corrected chi connectivity index (χ0v) is 9.55. The molecule has 0 aliphatic rings. The molecule has 4 heteroatoms. The van der Waals surface area contributed by atoms with Crippen molar-refractivity contribution >= 4 is 22.6 Å². The van der Waals surface area contributed by atoms with Crippen molar-refractivity contribution in [1.29, 1.82) is 0 Å². The smallest absolute Gasteiger partial charge is 0.258 e. The van der Waals surface area contributed by atoms with Gasteiger partial charge in [-0.05, 0) is 18.2 Å². The van der Waals surface area contributed by atoms with Crippen LogP contribution in [0.1, 0.15) is 10.4 Å². The van der Waals surface area contributed by atoms with E-state index in [-0.39, 0.29) is 5.91 Å². The Morgan fingerprint density at radius 2 is 1.94 bits per heavy atom. The molecule has 2 N–H and O–H groups in total. The highest BCUT2D eigenvalue weighted by Crippen LogP contribution is 2.18. The van der Waals surface area contributed by atoms with Crippen LogP contribution in [0.3, 0.4) is 0 Å². The number of carbonyl (C=O) groups excluding carboxylic acids is 1. The predicted molar refractivity (Wildman–Crippen MR) is 70.5 cm³/mol. The van der Waals surface area contributed by atoms with Gasteiger partial charge in [0.15, 0.2) is 0 Å². The summed E-state index contributed by atoms with van der Waals surface area (Å²) in [5, 5.41) is 3.67. The van der Waals surface area contributed by atoms with Crippen LogP contribution < -0.4 is 5.32 Å². The van der Waals surface area contributed by atoms with Crippen molar-refractivity contribution in [3.8, 4) is 0 Å². The number of aromatic amines is 1. The Morgan fingerprint density at radius 3 is 2.78 bits per heavy atom. The molecule has 2 heterocycles. The topological polar surface area (TPSA) is 57.8 Å². The third-order valence-corrected chi connectivity index (χ3v) is 2.74. The van der Waals surface area contributed by atoms with Crippen molar-refractivity contribution in [2.45, 2.75) is 0 Å². The molecular formula is C14H11N3O. The Balaban J connectivity index is 1.93. The molecule has 3 aromatic rings. The first-order valence-corrected chi connectivity index (χ1v) is 5.63. The van der Waals surface area contributed by atoms with Crippen LogP contribution in [0.15, 0.2) is 54.9 Å². The summed E-state index contributed by atoms with van der Waals surface area (Å²) in [6, 6.07) is 13.1. The molecule has 0 bridgehead atoms. The number of amides is 1. The molecule has 0 spiro atoms. The van der Waals surface area contributed by atoms with E-state index in [4.69, 9.17) is 0 Å². The molecule has 4 nitrogen and oxygen atoms in total. The van der Waals surface area contributed by atoms with E-state index in [1.54, 1.807) is 24.5 Å². The first-order valence-electron chi connectivity index (χ1n) is 5.63. The molecule has 1 aromatic carbocycles. The van der Waals surface area contributed by atoms with Crippen molar-refractivity contribution < 1.29 is 4.79 Å². The normalized spacial score (nSPS) is 10.4. The lowest BCUT2D eigenvalue weighted by Gasteiger charge is -2.02. The molecule has 0 radical (unpaired) electrons. The van der Waals surface area contributed by atoms with E-state index < -0.39 is 0 Å². The van der Waals surface area contributed by atoms with Crippen LogP contribution in [0, 0.1) is 0 Å². The Morgan fingerprint density at radius 1 is 1.11 bits per heavy atom. The Kier molecular flexibility index (Phi) is 2.53. The minimum atomic E-state index is -0.161. The lowest BCUT2D eigenvalue weighted by Crippen LogP contribution is -2.12. The molecule has 2 aromatic heterocycles. The maximum absolute atomic E-state index is 12.1. The van der Waals surface area contributed by atoms with Crippen molar-refractivity contribution in [1.82, 2.24) is 9.97 Å². The standard InChI is InChI=1S/C14H11N3O/c18-14(17-13-7-3-4-8-15-13)11-9-16-12-6-2-1-5-10(11)12/h1-9,16H,(H,15,17,18). The van der Waals surface area contributed by atoms with Crippen LogP contribution in [0.2, 0.25) is 0 Å². The van der Waals surface area contributed by atoms with Crippen molar-refractivity contribution in [2.75, 3.05) is 5.32 Å². The van der Waals surface area contributed by atoms with E-state index in [2.05, 4.69) is 15.3 Å². The molecule has 18 heavy (non-hydrogen) atoms. The van der Waals surface area contributed by atoms with E-state index in [0.717, 1.165) is 10.9 Å². The van der Waals surface area contributed by atoms with E-state index in [1.165, 1.54) is 0 Å². The average Bonchev–Trinajstić information content (AvgIpc) is 2.84. The Bertz CT molecular complexity index is 688. The quantitative estimate of drug-likeness (QED) is 0.720. The molecule has 0 atom stereocenters. The van der Waals surface area contributed by atoms with Gasteiger partial charge in [-0.1, -0.05) is 24.3 Å². The minimum absolute atomic E-state index is 0.161. The first-order chi connectivity index (χ1) is 8.84. The van der Waals surface area contributed by atoms with Gasteiger partial charge in [-0.25, -0.2) is 4.98 Å². The second-order valence-electron chi connectivity index (χ2n) is 3.92. The number of benzene rings is 1. The highest BCUT2D eigenvalue weighted by molar-refractivity contribution is 6.12. The highest BCUT2D eigenvalue weighted by atomic mass is 16.1. The maximum Gasteiger partial charge on any atom is 0.258 e. The van der Waals surface area contributed by atoms with E-state index in [0.29, 0.717) is 11.4 Å². The average molecular weight is 237 g/mol. The zero-order valence-electron chi connectivity index (χ0n) is 9.55. The number of hydrogen-bond acceptors (Lipinski definition) is 2. The number of pyridine rings is 1. The monoisotopic (exact) mass is 237 g/mol. The van der Waals surface area contributed by atoms with Gasteiger partial charge in [0, 0.05) is 23.3 Å². The third kappa shape index (κ3) is 1.84. The highest BCUT2D eigenvalue weighted by Gasteiger charge is 2.11. The lowest BCUT2D eigenvalue weighted by atomic mass is 10.1. The van der Waals surface area contributed by atoms with E-state index >= 15 is 0 Å². The number of carbonyl (C=O) groups is 1. The molecule has 88 valence electrons. The number of nitrogens with one attached hydrogen (secondary N) is 2. The van der Waals surface area contributed by atoms with E-state index in [9.17, 15) is 4.79 Å². The Hall–Kier alpha value is -2.62. The summed E-state index contributed by atoms with van der Waals surface area (Å²) in [5.41, 5.74) is 1.57. The van der Waals surface area contributed by atoms with E-state index in [1.807, 2.05) is 30.3 Å². The summed E-state index contributed by atoms with van der Waals surface area (Å²) in [6.07, 6.45) is 3.35. The van der Waals surface area contributed by atoms with Gasteiger partial charge >= 0.3 is 0 Å². The maximum atomic E-state index is 12.1. The van der Waals surface area contributed by atoms with Gasteiger partial charge in [0.25, 0.3) is 5.91 Å². The van der Waals surface area contributed by atoms with Crippen LogP contribution in [0.25, 0.3) is 10.9 Å². The fourth-order valence-electron chi connectivity index (χ4n) is 1.88. The lowest BCUT2D eigenvalue weighted by molar-refractivity contribution is 0.102. The van der Waals surface area contributed by atoms with Crippen LogP contribution in [0.5, 0.6) is 0 Å². The predicted octanol–water partition coefficient (Wildman–Crippen LogP) is 2.82. The van der Waals surface area contributed by atoms with Gasteiger partial charge in [-0.15, -0.1) is 0 Å². The van der Waals surface area contributed by atoms with Crippen LogP contribution in [-0.2, 0) is 0 Å². The number of hydrogen-bond donors (Lipinski definition) is 2. The number of H-pyrrole nitrogens is 1. The number of anilines is 1. The summed E-state index contributed by atoms with van der Waals surface area (Å²) < 4.78 is 0. The third-order valence-electron chi connectivity index (χ3n) is 2.74. The number of para-hydroxylation sites is 1. The van der Waals surface area contributed by atoms with Crippen LogP contribution in [-0.4, -0.2) is 15.9 Å². The molecular weight excluding hydrogens is 226 g/mol. The molecule has 0 aliphatic carbocycles. The molecule has 3 rings (SSSR count). The summed E-state index contributed by atoms with van der Waals surface area (Å²) >= 11 is 0. The fraction of sp³-hybridized carbons (Fsp3) is 0. The largest absolute Gasteiger partial charge is 0.360 e. The molecule has 0 fully saturated rings. The summed E-state index contributed by atoms with van der Waals surface area (Å²) in [5.74, 6) is 0.388. The van der Waals surface area contributed by atoms with Crippen molar-refractivity contribution in [2.24, 2.45) is 0 Å². The van der Waals surface area contributed by atoms with Gasteiger partial charge in [0.1, 0.15) is 5.82 Å². The molecule has 0 unspecified atom stereocenters. The summed E-state index contributed by atoms with van der Waals surface area (Å²) in [7, 11) is 0. The fourth-order valence-corrected chi connectivity index (χ4v) is 1.88. The minimum Gasteiger partial charge on any atom is -0.360 e. The van der Waals surface area contributed by atoms with Crippen molar-refractivity contribution in [3.05, 3.63) is 60.4 Å². The second kappa shape index (κ2) is 4.33. The molecule has 0 aliphatic heterocycles. The molecule has 1 amide bonds. The number of rotatable bonds is 2. The number of nitrogens with zero attached hydrogens (tertiary/aromatic N) is 1. The number of aromatic nitrogens is 2. The van der Waals surface area contributed by atoms with Gasteiger partial charge < -0.3 is 10.3 Å². The van der Waals surface area contributed by atoms with Crippen LogP contribution in [0.4, 0.5) is 5.82 Å². The van der Waals surface area contributed by atoms with Crippen molar-refractivity contribution in [3.63, 3.8) is 0 Å². The zero-order chi connectivity index (χ0) is 12.4. The number of fused-ring (bicyclic) bond motifs is 1. The van der Waals surface area contributed by atoms with Gasteiger partial charge in [-0.2, -0.15) is 0 Å². The SMILES string of the molecule is O=C(Nc1ccccn1)c1c[nH]c2ccccc12. The first kappa shape index (κ1) is 10.5. The van der Waals surface area contributed by atoms with Gasteiger partial charge in [0.2, 0.25) is 0 Å². The van der Waals surface area contributed by atoms with Gasteiger partial charge in [-0.3, -0.25) is 4.79 Å². The summed E-state index contributed by atoms with van der Waals surface area (Å²) in [4.78, 5) is 19.3. The van der Waals surface area contributed by atoms with Gasteiger partial charge in [0.05, 0.1) is 5.56 Å². The van der Waals surface area contributed by atoms with Crippen LogP contribution >= 0.6 is 0 Å². The Labute approximate surface area is 104 Å². The second-order valence-corrected chi connectivity index (χ2v) is 3.92. The summed E-state index contributed by atoms with van der Waals surface area (Å²) in [6.45, 7) is 0. The molecule has 0 saturated heterocycles. The molecule has 0 saturated carbocycles.